The highest BCUT2D eigenvalue weighted by atomic mass is 32.2. The van der Waals surface area contributed by atoms with Gasteiger partial charge in [-0.05, 0) is 42.9 Å². The smallest absolute Gasteiger partial charge is 0.337 e. The van der Waals surface area contributed by atoms with Crippen LogP contribution in [0.4, 0.5) is 5.88 Å². The lowest BCUT2D eigenvalue weighted by Crippen LogP contribution is -2.21. The Balaban J connectivity index is 2.28. The molecule has 0 saturated carbocycles. The van der Waals surface area contributed by atoms with Gasteiger partial charge in [0.05, 0.1) is 11.3 Å². The van der Waals surface area contributed by atoms with Gasteiger partial charge in [-0.25, -0.2) is 17.9 Å². The van der Waals surface area contributed by atoms with Gasteiger partial charge in [0.2, 0.25) is 5.88 Å². The van der Waals surface area contributed by atoms with E-state index in [0.717, 1.165) is 0 Å². The van der Waals surface area contributed by atoms with E-state index in [1.165, 1.54) is 0 Å². The fraction of sp³-hybridized carbons (Fsp3) is 0.273. The third-order valence-electron chi connectivity index (χ3n) is 4.82. The molecule has 1 aromatic heterocycles. The highest BCUT2D eigenvalue weighted by Crippen LogP contribution is 2.34. The molecule has 0 unspecified atom stereocenters. The quantitative estimate of drug-likeness (QED) is 0.567. The molecular formula is C22H24N2O5S. The Morgan fingerprint density at radius 3 is 2.33 bits per heavy atom. The van der Waals surface area contributed by atoms with Crippen molar-refractivity contribution in [3.8, 4) is 11.1 Å². The molecule has 2 N–H and O–H groups in total. The summed E-state index contributed by atoms with van der Waals surface area (Å²) >= 11 is 0. The number of hydrogen-bond acceptors (Lipinski definition) is 5. The first-order valence-electron chi connectivity index (χ1n) is 9.52. The predicted octanol–water partition coefficient (Wildman–Crippen LogP) is 4.66. The highest BCUT2D eigenvalue weighted by molar-refractivity contribution is 7.92. The normalized spacial score (nSPS) is 11.6. The highest BCUT2D eigenvalue weighted by Gasteiger charge is 2.31. The summed E-state index contributed by atoms with van der Waals surface area (Å²) in [6.45, 7) is 7.26. The molecule has 3 rings (SSSR count). The maximum atomic E-state index is 13.4. The second-order valence-corrected chi connectivity index (χ2v) is 9.19. The monoisotopic (exact) mass is 428 g/mol. The fourth-order valence-corrected chi connectivity index (χ4v) is 4.79. The van der Waals surface area contributed by atoms with Gasteiger partial charge >= 0.3 is 5.97 Å². The van der Waals surface area contributed by atoms with Crippen molar-refractivity contribution in [3.05, 3.63) is 64.8 Å². The molecule has 0 amide bonds. The Kier molecular flexibility index (Phi) is 5.98. The topological polar surface area (TPSA) is 110 Å². The Labute approximate surface area is 175 Å². The van der Waals surface area contributed by atoms with Gasteiger partial charge in [0.15, 0.2) is 0 Å². The number of aryl methyl sites for hydroxylation is 1. The zero-order valence-electron chi connectivity index (χ0n) is 17.3. The number of carboxylic acid groups (broad SMARTS) is 1. The number of nitrogens with one attached hydrogen (secondary N) is 1. The molecule has 1 heterocycles. The number of anilines is 1. The lowest BCUT2D eigenvalue weighted by molar-refractivity contribution is 0.0693. The molecule has 0 atom stereocenters. The summed E-state index contributed by atoms with van der Waals surface area (Å²) in [5, 5.41) is 13.8. The number of nitrogens with zero attached hydrogens (tertiary/aromatic N) is 1. The predicted molar refractivity (Wildman–Crippen MR) is 114 cm³/mol. The number of carboxylic acids is 1. The molecule has 0 radical (unpaired) electrons. The van der Waals surface area contributed by atoms with E-state index in [-0.39, 0.29) is 22.3 Å². The van der Waals surface area contributed by atoms with Crippen molar-refractivity contribution >= 4 is 21.9 Å². The first-order valence-corrected chi connectivity index (χ1v) is 11.0. The van der Waals surface area contributed by atoms with Crippen LogP contribution in [-0.2, 0) is 16.4 Å². The molecule has 0 aliphatic heterocycles. The molecule has 0 saturated heterocycles. The van der Waals surface area contributed by atoms with Crippen LogP contribution in [0.2, 0.25) is 0 Å². The second-order valence-electron chi connectivity index (χ2n) is 7.57. The molecule has 30 heavy (non-hydrogen) atoms. The first kappa shape index (κ1) is 21.6. The maximum absolute atomic E-state index is 13.4. The minimum atomic E-state index is -4.27. The van der Waals surface area contributed by atoms with Gasteiger partial charge in [0.25, 0.3) is 10.0 Å². The lowest BCUT2D eigenvalue weighted by Gasteiger charge is -2.18. The van der Waals surface area contributed by atoms with Crippen molar-refractivity contribution < 1.29 is 22.8 Å². The van der Waals surface area contributed by atoms with Gasteiger partial charge in [-0.15, -0.1) is 0 Å². The summed E-state index contributed by atoms with van der Waals surface area (Å²) in [4.78, 5) is 12.0. The van der Waals surface area contributed by atoms with E-state index >= 15 is 0 Å². The van der Waals surface area contributed by atoms with Gasteiger partial charge < -0.3 is 9.63 Å². The minimum Gasteiger partial charge on any atom is -0.478 e. The molecule has 8 heteroatoms. The molecule has 0 fully saturated rings. The average molecular weight is 429 g/mol. The van der Waals surface area contributed by atoms with Gasteiger partial charge in [-0.2, -0.15) is 0 Å². The molecule has 0 aliphatic carbocycles. The van der Waals surface area contributed by atoms with E-state index in [4.69, 9.17) is 4.52 Å². The Morgan fingerprint density at radius 2 is 1.80 bits per heavy atom. The van der Waals surface area contributed by atoms with Gasteiger partial charge in [0, 0.05) is 5.56 Å². The van der Waals surface area contributed by atoms with Crippen molar-refractivity contribution in [3.63, 3.8) is 0 Å². The zero-order valence-corrected chi connectivity index (χ0v) is 18.1. The molecule has 0 aliphatic rings. The van der Waals surface area contributed by atoms with Crippen LogP contribution < -0.4 is 4.72 Å². The fourth-order valence-electron chi connectivity index (χ4n) is 3.29. The van der Waals surface area contributed by atoms with Crippen LogP contribution in [0.1, 0.15) is 41.0 Å². The van der Waals surface area contributed by atoms with Crippen LogP contribution >= 0.6 is 0 Å². The van der Waals surface area contributed by atoms with E-state index < -0.39 is 16.0 Å². The summed E-state index contributed by atoms with van der Waals surface area (Å²) in [7, 11) is -4.27. The summed E-state index contributed by atoms with van der Waals surface area (Å²) in [5.41, 5.74) is 2.21. The summed E-state index contributed by atoms with van der Waals surface area (Å²) in [5.74, 6) is -1.22. The molecule has 3 aromatic rings. The largest absolute Gasteiger partial charge is 0.478 e. The molecule has 2 aromatic carbocycles. The van der Waals surface area contributed by atoms with Crippen molar-refractivity contribution in [2.45, 2.75) is 39.0 Å². The van der Waals surface area contributed by atoms with E-state index in [1.807, 2.05) is 19.9 Å². The second kappa shape index (κ2) is 8.31. The molecule has 7 nitrogen and oxygen atoms in total. The van der Waals surface area contributed by atoms with Crippen LogP contribution in [0.3, 0.4) is 0 Å². The Bertz CT molecular complexity index is 1180. The van der Waals surface area contributed by atoms with Crippen molar-refractivity contribution in [2.24, 2.45) is 5.92 Å². The van der Waals surface area contributed by atoms with Crippen molar-refractivity contribution in [1.82, 2.24) is 5.16 Å². The SMILES string of the molecule is Cc1noc(NS(=O)(=O)c2c(CC(C)C)ccc(-c3ccccc3)c2C(=O)O)c1C. The van der Waals surface area contributed by atoms with Crippen LogP contribution in [0.5, 0.6) is 0 Å². The lowest BCUT2D eigenvalue weighted by atomic mass is 9.94. The third kappa shape index (κ3) is 4.23. The number of aromatic carboxylic acids is 1. The van der Waals surface area contributed by atoms with Crippen LogP contribution in [-0.4, -0.2) is 24.7 Å². The van der Waals surface area contributed by atoms with E-state index in [0.29, 0.717) is 34.4 Å². The first-order chi connectivity index (χ1) is 14.1. The minimum absolute atomic E-state index is 0.0237. The van der Waals surface area contributed by atoms with Crippen LogP contribution in [0.25, 0.3) is 11.1 Å². The van der Waals surface area contributed by atoms with E-state index in [1.54, 1.807) is 50.2 Å². The van der Waals surface area contributed by atoms with E-state index in [9.17, 15) is 18.3 Å². The number of benzene rings is 2. The molecular weight excluding hydrogens is 404 g/mol. The summed E-state index contributed by atoms with van der Waals surface area (Å²) < 4.78 is 34.3. The number of rotatable bonds is 7. The number of aromatic nitrogens is 1. The van der Waals surface area contributed by atoms with Crippen molar-refractivity contribution in [2.75, 3.05) is 4.72 Å². The molecule has 158 valence electrons. The van der Waals surface area contributed by atoms with Gasteiger partial charge in [0.1, 0.15) is 4.90 Å². The number of sulfonamides is 1. The van der Waals surface area contributed by atoms with Crippen molar-refractivity contribution in [1.29, 1.82) is 0 Å². The van der Waals surface area contributed by atoms with Gasteiger partial charge in [-0.1, -0.05) is 61.5 Å². The number of carbonyl (C=O) groups is 1. The summed E-state index contributed by atoms with van der Waals surface area (Å²) in [6.07, 6.45) is 0.403. The maximum Gasteiger partial charge on any atom is 0.337 e. The Morgan fingerprint density at radius 1 is 1.13 bits per heavy atom. The molecule has 0 spiro atoms. The third-order valence-corrected chi connectivity index (χ3v) is 6.28. The average Bonchev–Trinajstić information content (AvgIpc) is 2.99. The van der Waals surface area contributed by atoms with E-state index in [2.05, 4.69) is 9.88 Å². The Hall–Kier alpha value is -3.13. The molecule has 0 bridgehead atoms. The summed E-state index contributed by atoms with van der Waals surface area (Å²) in [6, 6.07) is 12.2. The van der Waals surface area contributed by atoms with Crippen LogP contribution in [0.15, 0.2) is 51.9 Å². The zero-order chi connectivity index (χ0) is 22.1. The number of hydrogen-bond donors (Lipinski definition) is 2. The van der Waals surface area contributed by atoms with Gasteiger partial charge in [-0.3, -0.25) is 0 Å². The van der Waals surface area contributed by atoms with Crippen LogP contribution in [0, 0.1) is 19.8 Å². The standard InChI is InChI=1S/C22H24N2O5S/c1-13(2)12-17-10-11-18(16-8-6-5-7-9-16)19(22(25)26)20(17)30(27,28)24-21-14(3)15(4)23-29-21/h5-11,13,24H,12H2,1-4H3,(H,25,26).